The second-order valence-electron chi connectivity index (χ2n) is 7.14. The van der Waals surface area contributed by atoms with Gasteiger partial charge in [-0.25, -0.2) is 0 Å². The Bertz CT molecular complexity index is 617. The molecule has 0 atom stereocenters. The van der Waals surface area contributed by atoms with Crippen LogP contribution in [0.2, 0.25) is 0 Å². The predicted molar refractivity (Wildman–Crippen MR) is 93.9 cm³/mol. The van der Waals surface area contributed by atoms with Crippen LogP contribution < -0.4 is 11.5 Å². The smallest absolute Gasteiger partial charge is 0.275 e. The van der Waals surface area contributed by atoms with Crippen molar-refractivity contribution < 1.29 is 9.72 Å². The van der Waals surface area contributed by atoms with Gasteiger partial charge < -0.3 is 21.9 Å². The summed E-state index contributed by atoms with van der Waals surface area (Å²) in [6.07, 6.45) is 0. The van der Waals surface area contributed by atoms with E-state index in [1.54, 1.807) is 41.5 Å². The maximum atomic E-state index is 12.3. The van der Waals surface area contributed by atoms with E-state index in [1.807, 2.05) is 0 Å². The van der Waals surface area contributed by atoms with Crippen molar-refractivity contribution in [2.45, 2.75) is 52.6 Å². The van der Waals surface area contributed by atoms with E-state index in [-0.39, 0.29) is 27.2 Å². The number of nitrogens with zero attached hydrogens (tertiary/aromatic N) is 4. The van der Waals surface area contributed by atoms with Gasteiger partial charge in [0.15, 0.2) is 0 Å². The van der Waals surface area contributed by atoms with Crippen molar-refractivity contribution in [2.24, 2.45) is 10.2 Å². The first-order chi connectivity index (χ1) is 10.2. The molecule has 1 aromatic rings. The second-order valence-corrected chi connectivity index (χ2v) is 7.94. The van der Waals surface area contributed by atoms with Gasteiger partial charge in [0, 0.05) is 0 Å². The highest BCUT2D eigenvalue weighted by Gasteiger charge is 2.27. The SMILES string of the molecule is CC(C)(C)N=[N+]([O-])c1cc([N+]([O-])=NC(C)(C)C)c(N)c(Br)c1N. The van der Waals surface area contributed by atoms with Crippen LogP contribution in [0.5, 0.6) is 0 Å². The van der Waals surface area contributed by atoms with Gasteiger partial charge in [-0.1, -0.05) is 9.72 Å². The molecule has 9 heteroatoms. The van der Waals surface area contributed by atoms with Gasteiger partial charge >= 0.3 is 0 Å². The minimum atomic E-state index is -0.602. The number of anilines is 2. The summed E-state index contributed by atoms with van der Waals surface area (Å²) in [5.41, 5.74) is 10.9. The number of azo groups is 2. The van der Waals surface area contributed by atoms with Crippen LogP contribution >= 0.6 is 15.9 Å². The molecule has 1 rings (SSSR count). The van der Waals surface area contributed by atoms with Crippen molar-refractivity contribution >= 4 is 38.7 Å². The Hall–Kier alpha value is -1.90. The molecule has 0 saturated heterocycles. The molecule has 23 heavy (non-hydrogen) atoms. The van der Waals surface area contributed by atoms with Crippen LogP contribution in [0.15, 0.2) is 20.8 Å². The fraction of sp³-hybridized carbons (Fsp3) is 0.571. The lowest BCUT2D eigenvalue weighted by molar-refractivity contribution is -0.457. The van der Waals surface area contributed by atoms with E-state index in [9.17, 15) is 10.4 Å². The van der Waals surface area contributed by atoms with Crippen LogP contribution in [0.4, 0.5) is 22.7 Å². The maximum absolute atomic E-state index is 12.3. The Balaban J connectivity index is 3.60. The summed E-state index contributed by atoms with van der Waals surface area (Å²) in [5.74, 6) is 0. The Morgan fingerprint density at radius 2 is 1.17 bits per heavy atom. The standard InChI is InChI=1S/C14H23BrN6O2/c1-13(2,3)18-20(22)8-7-9(12(17)10(15)11(8)16)21(23)19-14(4,5)6/h7H,16-17H2,1-6H3. The van der Waals surface area contributed by atoms with E-state index in [4.69, 9.17) is 11.5 Å². The minimum Gasteiger partial charge on any atom is -0.594 e. The molecule has 0 fully saturated rings. The fourth-order valence-electron chi connectivity index (χ4n) is 1.62. The van der Waals surface area contributed by atoms with Crippen molar-refractivity contribution in [1.29, 1.82) is 0 Å². The molecule has 8 nitrogen and oxygen atoms in total. The average molecular weight is 387 g/mol. The third-order valence-electron chi connectivity index (χ3n) is 2.49. The van der Waals surface area contributed by atoms with E-state index in [0.29, 0.717) is 9.72 Å². The normalized spacial score (nSPS) is 14.2. The lowest BCUT2D eigenvalue weighted by Gasteiger charge is -2.14. The van der Waals surface area contributed by atoms with Gasteiger partial charge in [0.1, 0.15) is 22.5 Å². The molecule has 4 N–H and O–H groups in total. The molecule has 128 valence electrons. The molecule has 0 aromatic heterocycles. The molecule has 0 radical (unpaired) electrons. The number of hydrogen-bond acceptors (Lipinski definition) is 6. The van der Waals surface area contributed by atoms with Gasteiger partial charge in [0.2, 0.25) is 0 Å². The summed E-state index contributed by atoms with van der Waals surface area (Å²) in [5, 5.41) is 32.5. The summed E-state index contributed by atoms with van der Waals surface area (Å²) in [6.45, 7) is 10.6. The van der Waals surface area contributed by atoms with Crippen molar-refractivity contribution in [3.05, 3.63) is 21.0 Å². The summed E-state index contributed by atoms with van der Waals surface area (Å²) < 4.78 is 0.264. The lowest BCUT2D eigenvalue weighted by Crippen LogP contribution is -2.15. The molecule has 0 aliphatic carbocycles. The zero-order valence-electron chi connectivity index (χ0n) is 14.2. The number of nitrogen functional groups attached to an aromatic ring is 2. The first-order valence-electron chi connectivity index (χ1n) is 7.00. The van der Waals surface area contributed by atoms with Gasteiger partial charge in [-0.05, 0) is 67.7 Å². The summed E-state index contributed by atoms with van der Waals surface area (Å²) in [6, 6.07) is 1.29. The van der Waals surface area contributed by atoms with E-state index in [2.05, 4.69) is 26.2 Å². The van der Waals surface area contributed by atoms with Gasteiger partial charge in [0.05, 0.1) is 10.5 Å². The van der Waals surface area contributed by atoms with Crippen molar-refractivity contribution in [1.82, 2.24) is 0 Å². The largest absolute Gasteiger partial charge is 0.594 e. The molecule has 0 heterocycles. The predicted octanol–water partition coefficient (Wildman–Crippen LogP) is 4.40. The summed E-state index contributed by atoms with van der Waals surface area (Å²) >= 11 is 3.21. The van der Waals surface area contributed by atoms with E-state index in [0.717, 1.165) is 0 Å². The van der Waals surface area contributed by atoms with Gasteiger partial charge in [-0.2, -0.15) is 0 Å². The van der Waals surface area contributed by atoms with E-state index in [1.165, 1.54) is 6.07 Å². The fourth-order valence-corrected chi connectivity index (χ4v) is 2.03. The molecular formula is C14H23BrN6O2. The molecule has 0 aliphatic heterocycles. The van der Waals surface area contributed by atoms with Crippen LogP contribution in [0.25, 0.3) is 0 Å². The quantitative estimate of drug-likeness (QED) is 0.337. The number of rotatable bonds is 2. The molecule has 0 aliphatic rings. The zero-order chi connectivity index (χ0) is 18.2. The highest BCUT2D eigenvalue weighted by molar-refractivity contribution is 9.10. The van der Waals surface area contributed by atoms with Crippen LogP contribution in [-0.2, 0) is 0 Å². The van der Waals surface area contributed by atoms with E-state index < -0.39 is 11.1 Å². The molecule has 0 spiro atoms. The Kier molecular flexibility index (Phi) is 5.25. The average Bonchev–Trinajstić information content (AvgIpc) is 2.31. The van der Waals surface area contributed by atoms with Gasteiger partial charge in [-0.3, -0.25) is 0 Å². The third kappa shape index (κ3) is 5.05. The molecule has 0 amide bonds. The topological polar surface area (TPSA) is 129 Å². The van der Waals surface area contributed by atoms with Crippen molar-refractivity contribution in [2.75, 3.05) is 11.5 Å². The monoisotopic (exact) mass is 386 g/mol. The number of hydrogen-bond donors (Lipinski definition) is 2. The van der Waals surface area contributed by atoms with Crippen LogP contribution in [0, 0.1) is 10.4 Å². The zero-order valence-corrected chi connectivity index (χ0v) is 15.8. The van der Waals surface area contributed by atoms with Crippen LogP contribution in [0.3, 0.4) is 0 Å². The van der Waals surface area contributed by atoms with Crippen LogP contribution in [-0.4, -0.2) is 20.8 Å². The van der Waals surface area contributed by atoms with Crippen LogP contribution in [0.1, 0.15) is 41.5 Å². The van der Waals surface area contributed by atoms with E-state index >= 15 is 0 Å². The Morgan fingerprint density at radius 1 is 0.870 bits per heavy atom. The highest BCUT2D eigenvalue weighted by Crippen LogP contribution is 2.41. The molecule has 0 unspecified atom stereocenters. The molecule has 0 bridgehead atoms. The highest BCUT2D eigenvalue weighted by atomic mass is 79.9. The van der Waals surface area contributed by atoms with Gasteiger partial charge in [0.25, 0.3) is 11.4 Å². The van der Waals surface area contributed by atoms with Gasteiger partial charge in [-0.15, -0.1) is 0 Å². The summed E-state index contributed by atoms with van der Waals surface area (Å²) in [7, 11) is 0. The number of halogens is 1. The minimum absolute atomic E-state index is 0.0287. The third-order valence-corrected chi connectivity index (χ3v) is 3.35. The first kappa shape index (κ1) is 19.1. The lowest BCUT2D eigenvalue weighted by atomic mass is 10.1. The van der Waals surface area contributed by atoms with Crippen molar-refractivity contribution in [3.63, 3.8) is 0 Å². The van der Waals surface area contributed by atoms with Crippen molar-refractivity contribution in [3.8, 4) is 0 Å². The number of nitrogens with two attached hydrogens (primary N) is 2. The Morgan fingerprint density at radius 3 is 1.43 bits per heavy atom. The second kappa shape index (κ2) is 6.31. The Labute approximate surface area is 144 Å². The number of benzene rings is 1. The molecule has 0 saturated carbocycles. The summed E-state index contributed by atoms with van der Waals surface area (Å²) in [4.78, 5) is 0.794. The molecule has 1 aromatic carbocycles. The molecular weight excluding hydrogens is 364 g/mol. The maximum Gasteiger partial charge on any atom is 0.275 e. The first-order valence-corrected chi connectivity index (χ1v) is 7.80.